The maximum absolute atomic E-state index is 9.25. The molecule has 0 saturated heterocycles. The van der Waals surface area contributed by atoms with Gasteiger partial charge in [-0.2, -0.15) is 0 Å². The van der Waals surface area contributed by atoms with Crippen molar-refractivity contribution in [1.29, 1.82) is 0 Å². The van der Waals surface area contributed by atoms with Crippen LogP contribution in [0.4, 0.5) is 5.69 Å². The Labute approximate surface area is 166 Å². The van der Waals surface area contributed by atoms with E-state index in [1.54, 1.807) is 12.1 Å². The number of phenolic OH excluding ortho intramolecular Hbond substituents is 1. The summed E-state index contributed by atoms with van der Waals surface area (Å²) < 4.78 is 5.60. The topological polar surface area (TPSA) is 79.9 Å². The normalized spacial score (nSPS) is 11.1. The van der Waals surface area contributed by atoms with Crippen molar-refractivity contribution in [1.82, 2.24) is 0 Å². The number of phenols is 1. The molecule has 4 N–H and O–H groups in total. The maximum atomic E-state index is 9.25. The number of aromatic hydroxyl groups is 1. The molecule has 25 heavy (non-hydrogen) atoms. The first-order valence-electron chi connectivity index (χ1n) is 8.14. The molecule has 2 aromatic rings. The Morgan fingerprint density at radius 2 is 1.76 bits per heavy atom. The van der Waals surface area contributed by atoms with E-state index in [1.807, 2.05) is 50.2 Å². The van der Waals surface area contributed by atoms with Crippen molar-refractivity contribution < 1.29 is 9.84 Å². The van der Waals surface area contributed by atoms with Crippen LogP contribution in [0.3, 0.4) is 0 Å². The van der Waals surface area contributed by atoms with E-state index in [9.17, 15) is 5.11 Å². The molecule has 0 spiro atoms. The van der Waals surface area contributed by atoms with Crippen LogP contribution in [0.2, 0.25) is 0 Å². The summed E-state index contributed by atoms with van der Waals surface area (Å²) >= 11 is 0. The lowest BCUT2D eigenvalue weighted by Gasteiger charge is -2.11. The number of halogens is 1. The van der Waals surface area contributed by atoms with Crippen LogP contribution in [-0.2, 0) is 6.42 Å². The third kappa shape index (κ3) is 8.11. The van der Waals surface area contributed by atoms with Crippen LogP contribution in [-0.4, -0.2) is 23.7 Å². The molecule has 0 saturated carbocycles. The fourth-order valence-corrected chi connectivity index (χ4v) is 2.22. The van der Waals surface area contributed by atoms with Crippen molar-refractivity contribution in [2.45, 2.75) is 32.8 Å². The number of nitrogens with two attached hydrogens (primary N) is 1. The number of hydrogen-bond acceptors (Lipinski definition) is 3. The summed E-state index contributed by atoms with van der Waals surface area (Å²) in [7, 11) is 0. The predicted octanol–water partition coefficient (Wildman–Crippen LogP) is 4.16. The third-order valence-electron chi connectivity index (χ3n) is 3.34. The number of nitrogens with zero attached hydrogens (tertiary/aromatic N) is 1. The molecule has 0 unspecified atom stereocenters. The number of benzene rings is 2. The molecule has 136 valence electrons. The molecule has 0 aromatic heterocycles. The highest BCUT2D eigenvalue weighted by atomic mass is 127. The molecule has 0 aliphatic heterocycles. The van der Waals surface area contributed by atoms with E-state index in [2.05, 4.69) is 10.3 Å². The summed E-state index contributed by atoms with van der Waals surface area (Å²) in [6.45, 7) is 4.64. The largest absolute Gasteiger partial charge is 0.508 e. The molecule has 0 radical (unpaired) electrons. The highest BCUT2D eigenvalue weighted by molar-refractivity contribution is 14.0. The van der Waals surface area contributed by atoms with Gasteiger partial charge in [0.15, 0.2) is 5.96 Å². The van der Waals surface area contributed by atoms with Gasteiger partial charge in [-0.15, -0.1) is 24.0 Å². The second kappa shape index (κ2) is 10.8. The smallest absolute Gasteiger partial charge is 0.193 e. The molecule has 5 nitrogen and oxygen atoms in total. The van der Waals surface area contributed by atoms with Gasteiger partial charge in [0.25, 0.3) is 0 Å². The molecule has 0 atom stereocenters. The van der Waals surface area contributed by atoms with Crippen LogP contribution in [0.15, 0.2) is 53.5 Å². The zero-order valence-corrected chi connectivity index (χ0v) is 16.9. The first-order chi connectivity index (χ1) is 11.5. The molecule has 0 aliphatic rings. The molecule has 0 bridgehead atoms. The Hall–Kier alpha value is -1.96. The average Bonchev–Trinajstić information content (AvgIpc) is 2.55. The molecule has 0 aliphatic carbocycles. The van der Waals surface area contributed by atoms with E-state index in [0.29, 0.717) is 12.5 Å². The molecule has 2 rings (SSSR count). The summed E-state index contributed by atoms with van der Waals surface area (Å²) in [6.07, 6.45) is 1.95. The van der Waals surface area contributed by atoms with Gasteiger partial charge in [-0.05, 0) is 68.7 Å². The minimum atomic E-state index is 0. The lowest BCUT2D eigenvalue weighted by Crippen LogP contribution is -2.22. The Bertz CT molecular complexity index is 655. The number of hydrogen-bond donors (Lipinski definition) is 3. The average molecular weight is 455 g/mol. The highest BCUT2D eigenvalue weighted by Crippen LogP contribution is 2.16. The molecular weight excluding hydrogens is 429 g/mol. The van der Waals surface area contributed by atoms with Crippen LogP contribution in [0.25, 0.3) is 0 Å². The van der Waals surface area contributed by atoms with Crippen molar-refractivity contribution in [3.05, 3.63) is 54.1 Å². The van der Waals surface area contributed by atoms with Crippen LogP contribution in [0, 0.1) is 0 Å². The SMILES string of the molecule is CC(C)Oc1ccc(NC(N)=NCCCc2ccc(O)cc2)cc1.I. The van der Waals surface area contributed by atoms with Gasteiger partial charge in [0.2, 0.25) is 0 Å². The minimum absolute atomic E-state index is 0. The van der Waals surface area contributed by atoms with Gasteiger partial charge in [0.1, 0.15) is 11.5 Å². The van der Waals surface area contributed by atoms with Gasteiger partial charge in [0, 0.05) is 12.2 Å². The summed E-state index contributed by atoms with van der Waals surface area (Å²) in [5, 5.41) is 12.3. The minimum Gasteiger partial charge on any atom is -0.508 e. The van der Waals surface area contributed by atoms with E-state index in [4.69, 9.17) is 10.5 Å². The van der Waals surface area contributed by atoms with Crippen molar-refractivity contribution in [3.8, 4) is 11.5 Å². The Morgan fingerprint density at radius 3 is 2.36 bits per heavy atom. The zero-order chi connectivity index (χ0) is 17.4. The van der Waals surface area contributed by atoms with E-state index in [-0.39, 0.29) is 35.8 Å². The Morgan fingerprint density at radius 1 is 1.12 bits per heavy atom. The third-order valence-corrected chi connectivity index (χ3v) is 3.34. The first-order valence-corrected chi connectivity index (χ1v) is 8.14. The van der Waals surface area contributed by atoms with Crippen LogP contribution >= 0.6 is 24.0 Å². The van der Waals surface area contributed by atoms with Crippen LogP contribution in [0.5, 0.6) is 11.5 Å². The summed E-state index contributed by atoms with van der Waals surface area (Å²) in [6, 6.07) is 14.9. The van der Waals surface area contributed by atoms with E-state index in [1.165, 1.54) is 5.56 Å². The number of aryl methyl sites for hydroxylation is 1. The number of guanidine groups is 1. The van der Waals surface area contributed by atoms with Crippen molar-refractivity contribution in [2.24, 2.45) is 10.7 Å². The molecule has 6 heteroatoms. The monoisotopic (exact) mass is 455 g/mol. The van der Waals surface area contributed by atoms with Crippen LogP contribution < -0.4 is 15.8 Å². The Balaban J connectivity index is 0.00000312. The Kier molecular flexibility index (Phi) is 9.12. The van der Waals surface area contributed by atoms with Gasteiger partial charge in [0.05, 0.1) is 6.10 Å². The molecule has 0 amide bonds. The maximum Gasteiger partial charge on any atom is 0.193 e. The number of nitrogens with one attached hydrogen (secondary N) is 1. The lowest BCUT2D eigenvalue weighted by atomic mass is 10.1. The predicted molar refractivity (Wildman–Crippen MR) is 114 cm³/mol. The molecule has 0 fully saturated rings. The van der Waals surface area contributed by atoms with Crippen molar-refractivity contribution in [2.75, 3.05) is 11.9 Å². The molecular formula is C19H26IN3O2. The summed E-state index contributed by atoms with van der Waals surface area (Å²) in [5.41, 5.74) is 7.96. The fourth-order valence-electron chi connectivity index (χ4n) is 2.22. The van der Waals surface area contributed by atoms with Gasteiger partial charge < -0.3 is 20.9 Å². The summed E-state index contributed by atoms with van der Waals surface area (Å²) in [4.78, 5) is 4.33. The van der Waals surface area contributed by atoms with E-state index < -0.39 is 0 Å². The molecule has 0 heterocycles. The van der Waals surface area contributed by atoms with Crippen molar-refractivity contribution >= 4 is 35.6 Å². The second-order valence-electron chi connectivity index (χ2n) is 5.85. The zero-order valence-electron chi connectivity index (χ0n) is 14.6. The molecule has 2 aromatic carbocycles. The van der Waals surface area contributed by atoms with E-state index >= 15 is 0 Å². The lowest BCUT2D eigenvalue weighted by molar-refractivity contribution is 0.242. The van der Waals surface area contributed by atoms with Crippen LogP contribution in [0.1, 0.15) is 25.8 Å². The fraction of sp³-hybridized carbons (Fsp3) is 0.316. The number of ether oxygens (including phenoxy) is 1. The van der Waals surface area contributed by atoms with Crippen molar-refractivity contribution in [3.63, 3.8) is 0 Å². The highest BCUT2D eigenvalue weighted by Gasteiger charge is 1.99. The van der Waals surface area contributed by atoms with Gasteiger partial charge in [-0.25, -0.2) is 0 Å². The second-order valence-corrected chi connectivity index (χ2v) is 5.85. The van der Waals surface area contributed by atoms with Gasteiger partial charge in [-0.3, -0.25) is 4.99 Å². The summed E-state index contributed by atoms with van der Waals surface area (Å²) in [5.74, 6) is 1.52. The quantitative estimate of drug-likeness (QED) is 0.254. The first kappa shape index (κ1) is 21.1. The van der Waals surface area contributed by atoms with Gasteiger partial charge in [-0.1, -0.05) is 12.1 Å². The van der Waals surface area contributed by atoms with E-state index in [0.717, 1.165) is 24.3 Å². The number of aliphatic imine (C=N–C) groups is 1. The standard InChI is InChI=1S/C19H25N3O2.HI/c1-14(2)24-18-11-7-16(8-12-18)22-19(20)21-13-3-4-15-5-9-17(23)10-6-15;/h5-12,14,23H,3-4,13H2,1-2H3,(H3,20,21,22);1H. The number of anilines is 1. The van der Waals surface area contributed by atoms with Gasteiger partial charge >= 0.3 is 0 Å². The number of rotatable bonds is 7.